The minimum atomic E-state index is 0.546. The summed E-state index contributed by atoms with van der Waals surface area (Å²) in [6.45, 7) is 7.01. The minimum Gasteiger partial charge on any atom is -0.179 e. The Morgan fingerprint density at radius 1 is 1.21 bits per heavy atom. The second-order valence-corrected chi connectivity index (χ2v) is 5.61. The van der Waals surface area contributed by atoms with Crippen molar-refractivity contribution in [3.8, 4) is 0 Å². The summed E-state index contributed by atoms with van der Waals surface area (Å²) in [5.74, 6) is 1.08. The van der Waals surface area contributed by atoms with E-state index in [1.165, 1.54) is 44.9 Å². The van der Waals surface area contributed by atoms with Gasteiger partial charge in [-0.05, 0) is 48.7 Å². The molecule has 1 atom stereocenters. The van der Waals surface area contributed by atoms with Crippen LogP contribution >= 0.6 is 12.6 Å². The van der Waals surface area contributed by atoms with Crippen LogP contribution in [0.15, 0.2) is 0 Å². The smallest absolute Gasteiger partial charge is 0.00411 e. The van der Waals surface area contributed by atoms with Crippen LogP contribution in [0.5, 0.6) is 0 Å². The van der Waals surface area contributed by atoms with Crippen LogP contribution in [-0.2, 0) is 0 Å². The van der Waals surface area contributed by atoms with Gasteiger partial charge in [0, 0.05) is 0 Å². The molecule has 0 bridgehead atoms. The van der Waals surface area contributed by atoms with Crippen LogP contribution in [-0.4, -0.2) is 5.75 Å². The molecule has 0 aromatic carbocycles. The Morgan fingerprint density at radius 3 is 2.14 bits per heavy atom. The monoisotopic (exact) mass is 214 g/mol. The Morgan fingerprint density at radius 2 is 1.86 bits per heavy atom. The Hall–Kier alpha value is 0.350. The summed E-state index contributed by atoms with van der Waals surface area (Å²) in [5, 5.41) is 0. The topological polar surface area (TPSA) is 0 Å². The summed E-state index contributed by atoms with van der Waals surface area (Å²) in [5.41, 5.74) is 1.28. The first-order valence-electron chi connectivity index (χ1n) is 6.27. The van der Waals surface area contributed by atoms with Gasteiger partial charge in [-0.1, -0.05) is 33.6 Å². The van der Waals surface area contributed by atoms with E-state index in [-0.39, 0.29) is 0 Å². The Bertz CT molecular complexity index is 166. The minimum absolute atomic E-state index is 0.546. The van der Waals surface area contributed by atoms with Crippen molar-refractivity contribution < 1.29 is 0 Å². The quantitative estimate of drug-likeness (QED) is 0.584. The van der Waals surface area contributed by atoms with E-state index in [2.05, 4.69) is 33.4 Å². The van der Waals surface area contributed by atoms with E-state index in [1.807, 2.05) is 0 Å². The van der Waals surface area contributed by atoms with Gasteiger partial charge in [-0.15, -0.1) is 0 Å². The first-order chi connectivity index (χ1) is 6.66. The molecule has 0 nitrogen and oxygen atoms in total. The van der Waals surface area contributed by atoms with E-state index in [4.69, 9.17) is 0 Å². The van der Waals surface area contributed by atoms with E-state index >= 15 is 0 Å². The van der Waals surface area contributed by atoms with Crippen LogP contribution in [0.25, 0.3) is 0 Å². The predicted octanol–water partition coefficient (Wildman–Crippen LogP) is 4.69. The molecule has 1 saturated carbocycles. The first-order valence-corrected chi connectivity index (χ1v) is 6.90. The van der Waals surface area contributed by atoms with Gasteiger partial charge >= 0.3 is 0 Å². The molecule has 84 valence electrons. The van der Waals surface area contributed by atoms with Crippen LogP contribution < -0.4 is 0 Å². The van der Waals surface area contributed by atoms with Crippen molar-refractivity contribution in [2.24, 2.45) is 10.8 Å². The van der Waals surface area contributed by atoms with Crippen molar-refractivity contribution in [2.75, 3.05) is 5.75 Å². The number of thiol groups is 1. The lowest BCUT2D eigenvalue weighted by Crippen LogP contribution is -2.26. The normalized spacial score (nSPS) is 23.1. The average molecular weight is 214 g/mol. The molecule has 0 heterocycles. The molecule has 1 heteroatoms. The van der Waals surface area contributed by atoms with Crippen molar-refractivity contribution in [3.05, 3.63) is 0 Å². The van der Waals surface area contributed by atoms with Crippen LogP contribution in [0.4, 0.5) is 0 Å². The van der Waals surface area contributed by atoms with Gasteiger partial charge in [-0.25, -0.2) is 0 Å². The van der Waals surface area contributed by atoms with Gasteiger partial charge in [0.15, 0.2) is 0 Å². The van der Waals surface area contributed by atoms with Gasteiger partial charge in [0.1, 0.15) is 0 Å². The number of hydrogen-bond donors (Lipinski definition) is 1. The highest BCUT2D eigenvalue weighted by Gasteiger charge is 2.45. The van der Waals surface area contributed by atoms with Gasteiger partial charge in [0.05, 0.1) is 0 Å². The third-order valence-corrected chi connectivity index (χ3v) is 4.99. The lowest BCUT2D eigenvalue weighted by molar-refractivity contribution is 0.201. The zero-order valence-corrected chi connectivity index (χ0v) is 11.0. The number of hydrogen-bond acceptors (Lipinski definition) is 1. The molecule has 0 N–H and O–H groups in total. The van der Waals surface area contributed by atoms with Gasteiger partial charge < -0.3 is 0 Å². The summed E-state index contributed by atoms with van der Waals surface area (Å²) < 4.78 is 0. The second-order valence-electron chi connectivity index (χ2n) is 5.29. The molecule has 0 aliphatic heterocycles. The second kappa shape index (κ2) is 4.92. The zero-order chi connectivity index (χ0) is 10.7. The van der Waals surface area contributed by atoms with Gasteiger partial charge in [0.2, 0.25) is 0 Å². The molecule has 0 aromatic rings. The molecule has 0 saturated heterocycles. The molecule has 0 spiro atoms. The molecular weight excluding hydrogens is 188 g/mol. The van der Waals surface area contributed by atoms with E-state index < -0.39 is 0 Å². The fraction of sp³-hybridized carbons (Fsp3) is 1.00. The summed E-state index contributed by atoms with van der Waals surface area (Å²) in [4.78, 5) is 0. The zero-order valence-electron chi connectivity index (χ0n) is 10.1. The third kappa shape index (κ3) is 2.68. The van der Waals surface area contributed by atoms with Crippen LogP contribution in [0.1, 0.15) is 65.7 Å². The maximum atomic E-state index is 4.59. The fourth-order valence-electron chi connectivity index (χ4n) is 2.79. The van der Waals surface area contributed by atoms with Crippen molar-refractivity contribution in [2.45, 2.75) is 65.7 Å². The summed E-state index contributed by atoms with van der Waals surface area (Å²) in [6.07, 6.45) is 9.76. The molecular formula is C13H26S. The van der Waals surface area contributed by atoms with Crippen molar-refractivity contribution >= 4 is 12.6 Å². The molecule has 0 aromatic heterocycles. The van der Waals surface area contributed by atoms with Crippen molar-refractivity contribution in [3.63, 3.8) is 0 Å². The van der Waals surface area contributed by atoms with Crippen LogP contribution in [0, 0.1) is 10.8 Å². The molecule has 1 aliphatic rings. The Balaban J connectivity index is 2.57. The molecule has 1 fully saturated rings. The van der Waals surface area contributed by atoms with E-state index in [0.717, 1.165) is 11.2 Å². The molecule has 0 radical (unpaired) electrons. The van der Waals surface area contributed by atoms with Crippen LogP contribution in [0.3, 0.4) is 0 Å². The third-order valence-electron chi connectivity index (χ3n) is 4.32. The predicted molar refractivity (Wildman–Crippen MR) is 68.1 cm³/mol. The summed E-state index contributed by atoms with van der Waals surface area (Å²) in [6, 6.07) is 0. The highest BCUT2D eigenvalue weighted by atomic mass is 32.1. The van der Waals surface area contributed by atoms with Crippen molar-refractivity contribution in [1.82, 2.24) is 0 Å². The molecule has 0 amide bonds. The lowest BCUT2D eigenvalue weighted by atomic mass is 9.73. The maximum absolute atomic E-state index is 4.59. The standard InChI is InChI=1S/C13H26S/c1-4-7-13(6-3,11-14)10-12(5-2)8-9-12/h14H,4-11H2,1-3H3. The van der Waals surface area contributed by atoms with E-state index in [1.54, 1.807) is 0 Å². The maximum Gasteiger partial charge on any atom is -0.00411 e. The lowest BCUT2D eigenvalue weighted by Gasteiger charge is -2.35. The largest absolute Gasteiger partial charge is 0.179 e. The van der Waals surface area contributed by atoms with Crippen LogP contribution in [0.2, 0.25) is 0 Å². The highest BCUT2D eigenvalue weighted by Crippen LogP contribution is 2.57. The average Bonchev–Trinajstić information content (AvgIpc) is 2.98. The SMILES string of the molecule is CCCC(CC)(CS)CC1(CC)CC1. The van der Waals surface area contributed by atoms with Gasteiger partial charge in [-0.2, -0.15) is 12.6 Å². The summed E-state index contributed by atoms with van der Waals surface area (Å²) in [7, 11) is 0. The number of rotatable bonds is 7. The molecule has 1 unspecified atom stereocenters. The highest BCUT2D eigenvalue weighted by molar-refractivity contribution is 7.80. The van der Waals surface area contributed by atoms with E-state index in [0.29, 0.717) is 5.41 Å². The van der Waals surface area contributed by atoms with E-state index in [9.17, 15) is 0 Å². The molecule has 1 rings (SSSR count). The van der Waals surface area contributed by atoms with Gasteiger partial charge in [-0.3, -0.25) is 0 Å². The molecule has 1 aliphatic carbocycles. The Labute approximate surface area is 95.3 Å². The molecule has 14 heavy (non-hydrogen) atoms. The fourth-order valence-corrected chi connectivity index (χ4v) is 3.29. The first kappa shape index (κ1) is 12.4. The van der Waals surface area contributed by atoms with Gasteiger partial charge in [0.25, 0.3) is 0 Å². The Kier molecular flexibility index (Phi) is 4.36. The van der Waals surface area contributed by atoms with Crippen molar-refractivity contribution in [1.29, 1.82) is 0 Å². The summed E-state index contributed by atoms with van der Waals surface area (Å²) >= 11 is 4.59.